The van der Waals surface area contributed by atoms with Crippen molar-refractivity contribution in [1.82, 2.24) is 25.1 Å². The summed E-state index contributed by atoms with van der Waals surface area (Å²) in [6, 6.07) is 15.4. The number of piperidine rings is 1. The number of hydrogen-bond acceptors (Lipinski definition) is 6. The summed E-state index contributed by atoms with van der Waals surface area (Å²) in [5.74, 6) is 1.04. The van der Waals surface area contributed by atoms with Gasteiger partial charge in [-0.3, -0.25) is 4.68 Å². The van der Waals surface area contributed by atoms with E-state index in [9.17, 15) is 0 Å². The monoisotopic (exact) mass is 394 g/mol. The second kappa shape index (κ2) is 9.21. The lowest BCUT2D eigenvalue weighted by atomic mass is 10.0. The smallest absolute Gasteiger partial charge is 0.189 e. The van der Waals surface area contributed by atoms with Gasteiger partial charge in [0.2, 0.25) is 0 Å². The molecule has 28 heavy (non-hydrogen) atoms. The molecule has 3 aromatic rings. The van der Waals surface area contributed by atoms with E-state index in [2.05, 4.69) is 55.6 Å². The number of nitrogens with zero attached hydrogens (tertiary/aromatic N) is 5. The molecule has 0 radical (unpaired) electrons. The molecule has 1 aliphatic rings. The molecule has 146 valence electrons. The first kappa shape index (κ1) is 19.0. The molecule has 7 heteroatoms. The van der Waals surface area contributed by atoms with Crippen LogP contribution in [0.3, 0.4) is 0 Å². The van der Waals surface area contributed by atoms with Gasteiger partial charge in [0, 0.05) is 37.7 Å². The molecule has 6 nitrogen and oxygen atoms in total. The standard InChI is InChI=1S/C21H26N6S/c1-28-21-22-12-8-20(25-21)26-14-9-18(10-15-26)24-19(16-27-13-5-11-23-27)17-6-3-2-4-7-17/h2-8,11-13,18-19,24H,9-10,14-16H2,1H3. The number of anilines is 1. The Morgan fingerprint density at radius 1 is 1.11 bits per heavy atom. The van der Waals surface area contributed by atoms with Gasteiger partial charge in [0.1, 0.15) is 5.82 Å². The topological polar surface area (TPSA) is 58.9 Å². The minimum Gasteiger partial charge on any atom is -0.356 e. The SMILES string of the molecule is CSc1nccc(N2CCC(NC(Cn3cccn3)c3ccccc3)CC2)n1. The Morgan fingerprint density at radius 3 is 2.64 bits per heavy atom. The zero-order valence-electron chi connectivity index (χ0n) is 16.1. The van der Waals surface area contributed by atoms with E-state index in [-0.39, 0.29) is 6.04 Å². The Hall–Kier alpha value is -2.38. The van der Waals surface area contributed by atoms with E-state index in [1.807, 2.05) is 41.7 Å². The number of hydrogen-bond donors (Lipinski definition) is 1. The van der Waals surface area contributed by atoms with Crippen LogP contribution in [0.5, 0.6) is 0 Å². The number of nitrogens with one attached hydrogen (secondary N) is 1. The maximum Gasteiger partial charge on any atom is 0.189 e. The van der Waals surface area contributed by atoms with Crippen molar-refractivity contribution < 1.29 is 0 Å². The molecule has 0 spiro atoms. The fourth-order valence-corrected chi connectivity index (χ4v) is 4.05. The Kier molecular flexibility index (Phi) is 6.24. The highest BCUT2D eigenvalue weighted by atomic mass is 32.2. The lowest BCUT2D eigenvalue weighted by Gasteiger charge is -2.35. The van der Waals surface area contributed by atoms with E-state index in [1.54, 1.807) is 11.8 Å². The minimum atomic E-state index is 0.250. The van der Waals surface area contributed by atoms with Gasteiger partial charge in [-0.05, 0) is 36.8 Å². The second-order valence-corrected chi connectivity index (χ2v) is 7.79. The minimum absolute atomic E-state index is 0.250. The van der Waals surface area contributed by atoms with Crippen LogP contribution in [0, 0.1) is 0 Å². The first-order chi connectivity index (χ1) is 13.8. The third kappa shape index (κ3) is 4.72. The third-order valence-corrected chi connectivity index (χ3v) is 5.75. The molecule has 0 saturated carbocycles. The van der Waals surface area contributed by atoms with E-state index < -0.39 is 0 Å². The van der Waals surface area contributed by atoms with Gasteiger partial charge >= 0.3 is 0 Å². The van der Waals surface area contributed by atoms with Crippen molar-refractivity contribution in [2.45, 2.75) is 36.6 Å². The summed E-state index contributed by atoms with van der Waals surface area (Å²) in [6.07, 6.45) is 9.93. The summed E-state index contributed by atoms with van der Waals surface area (Å²) in [6.45, 7) is 2.85. The predicted octanol–water partition coefficient (Wildman–Crippen LogP) is 3.39. The Labute approximate surface area is 170 Å². The van der Waals surface area contributed by atoms with Crippen LogP contribution in [0.4, 0.5) is 5.82 Å². The van der Waals surface area contributed by atoms with E-state index in [4.69, 9.17) is 0 Å². The number of benzene rings is 1. The molecule has 3 heterocycles. The van der Waals surface area contributed by atoms with Gasteiger partial charge in [-0.1, -0.05) is 42.1 Å². The maximum atomic E-state index is 4.64. The van der Waals surface area contributed by atoms with Crippen LogP contribution in [-0.2, 0) is 6.54 Å². The summed E-state index contributed by atoms with van der Waals surface area (Å²) < 4.78 is 2.00. The number of aromatic nitrogens is 4. The van der Waals surface area contributed by atoms with E-state index >= 15 is 0 Å². The van der Waals surface area contributed by atoms with Crippen LogP contribution in [0.25, 0.3) is 0 Å². The van der Waals surface area contributed by atoms with Gasteiger partial charge in [0.05, 0.1) is 12.6 Å². The van der Waals surface area contributed by atoms with Gasteiger partial charge in [0.25, 0.3) is 0 Å². The van der Waals surface area contributed by atoms with Crippen molar-refractivity contribution >= 4 is 17.6 Å². The van der Waals surface area contributed by atoms with Gasteiger partial charge < -0.3 is 10.2 Å². The quantitative estimate of drug-likeness (QED) is 0.490. The molecule has 1 fully saturated rings. The Balaban J connectivity index is 1.39. The predicted molar refractivity (Wildman–Crippen MR) is 114 cm³/mol. The molecule has 0 aliphatic carbocycles. The summed E-state index contributed by atoms with van der Waals surface area (Å²) in [7, 11) is 0. The molecule has 1 N–H and O–H groups in total. The van der Waals surface area contributed by atoms with Crippen LogP contribution < -0.4 is 10.2 Å². The molecule has 1 unspecified atom stereocenters. The summed E-state index contributed by atoms with van der Waals surface area (Å²) in [4.78, 5) is 11.3. The highest BCUT2D eigenvalue weighted by Crippen LogP contribution is 2.23. The van der Waals surface area contributed by atoms with Crippen molar-refractivity contribution in [2.75, 3.05) is 24.2 Å². The van der Waals surface area contributed by atoms with Gasteiger partial charge in [-0.25, -0.2) is 9.97 Å². The summed E-state index contributed by atoms with van der Waals surface area (Å²) >= 11 is 1.59. The number of rotatable bonds is 7. The molecule has 2 aromatic heterocycles. The van der Waals surface area contributed by atoms with Crippen LogP contribution >= 0.6 is 11.8 Å². The second-order valence-electron chi connectivity index (χ2n) is 7.02. The fraction of sp³-hybridized carbons (Fsp3) is 0.381. The Bertz CT molecular complexity index is 846. The summed E-state index contributed by atoms with van der Waals surface area (Å²) in [5, 5.41) is 9.11. The molecule has 0 amide bonds. The van der Waals surface area contributed by atoms with Crippen molar-refractivity contribution in [3.63, 3.8) is 0 Å². The summed E-state index contributed by atoms with van der Waals surface area (Å²) in [5.41, 5.74) is 1.31. The van der Waals surface area contributed by atoms with Crippen LogP contribution in [0.15, 0.2) is 66.2 Å². The van der Waals surface area contributed by atoms with Crippen LogP contribution in [-0.4, -0.2) is 45.1 Å². The van der Waals surface area contributed by atoms with Crippen LogP contribution in [0.1, 0.15) is 24.4 Å². The Morgan fingerprint density at radius 2 is 1.93 bits per heavy atom. The largest absolute Gasteiger partial charge is 0.356 e. The molecule has 4 rings (SSSR count). The maximum absolute atomic E-state index is 4.64. The van der Waals surface area contributed by atoms with Gasteiger partial charge in [-0.15, -0.1) is 0 Å². The fourth-order valence-electron chi connectivity index (χ4n) is 3.70. The highest BCUT2D eigenvalue weighted by molar-refractivity contribution is 7.98. The van der Waals surface area contributed by atoms with E-state index in [0.717, 1.165) is 43.5 Å². The van der Waals surface area contributed by atoms with Crippen LogP contribution in [0.2, 0.25) is 0 Å². The molecule has 0 bridgehead atoms. The number of thioether (sulfide) groups is 1. The van der Waals surface area contributed by atoms with Crippen molar-refractivity contribution in [3.8, 4) is 0 Å². The van der Waals surface area contributed by atoms with E-state index in [0.29, 0.717) is 6.04 Å². The molecular weight excluding hydrogens is 368 g/mol. The molecule has 1 atom stereocenters. The molecular formula is C21H26N6S. The first-order valence-electron chi connectivity index (χ1n) is 9.72. The third-order valence-electron chi connectivity index (χ3n) is 5.19. The van der Waals surface area contributed by atoms with Gasteiger partial charge in [0.15, 0.2) is 5.16 Å². The van der Waals surface area contributed by atoms with E-state index in [1.165, 1.54) is 5.56 Å². The average Bonchev–Trinajstić information content (AvgIpc) is 3.28. The molecule has 1 aliphatic heterocycles. The lowest BCUT2D eigenvalue weighted by Crippen LogP contribution is -2.44. The lowest BCUT2D eigenvalue weighted by molar-refractivity contribution is 0.338. The highest BCUT2D eigenvalue weighted by Gasteiger charge is 2.23. The average molecular weight is 395 g/mol. The molecule has 1 aromatic carbocycles. The normalized spacial score (nSPS) is 16.2. The zero-order valence-corrected chi connectivity index (χ0v) is 16.9. The first-order valence-corrected chi connectivity index (χ1v) is 10.9. The molecule has 1 saturated heterocycles. The van der Waals surface area contributed by atoms with Gasteiger partial charge in [-0.2, -0.15) is 5.10 Å². The van der Waals surface area contributed by atoms with Crippen molar-refractivity contribution in [1.29, 1.82) is 0 Å². The van der Waals surface area contributed by atoms with Crippen molar-refractivity contribution in [2.24, 2.45) is 0 Å². The zero-order chi connectivity index (χ0) is 19.2. The van der Waals surface area contributed by atoms with Crippen molar-refractivity contribution in [3.05, 3.63) is 66.6 Å².